The Kier molecular flexibility index (Phi) is 3.01. The van der Waals surface area contributed by atoms with Crippen LogP contribution in [0.25, 0.3) is 10.1 Å². The van der Waals surface area contributed by atoms with Crippen molar-refractivity contribution in [1.82, 2.24) is 10.6 Å². The number of halogens is 1. The summed E-state index contributed by atoms with van der Waals surface area (Å²) in [6, 6.07) is 6.33. The fraction of sp³-hybridized carbons (Fsp3) is 0.308. The zero-order valence-corrected chi connectivity index (χ0v) is 10.5. The smallest absolute Gasteiger partial charge is 0.261 e. The van der Waals surface area contributed by atoms with Crippen LogP contribution in [-0.2, 0) is 0 Å². The summed E-state index contributed by atoms with van der Waals surface area (Å²) in [5.41, 5.74) is 0. The van der Waals surface area contributed by atoms with Crippen LogP contribution in [0.1, 0.15) is 9.67 Å². The van der Waals surface area contributed by atoms with Crippen molar-refractivity contribution >= 4 is 27.3 Å². The van der Waals surface area contributed by atoms with E-state index in [4.69, 9.17) is 0 Å². The highest BCUT2D eigenvalue weighted by Gasteiger charge is 2.18. The van der Waals surface area contributed by atoms with Gasteiger partial charge in [0.15, 0.2) is 0 Å². The average Bonchev–Trinajstić information content (AvgIpc) is 2.69. The Labute approximate surface area is 108 Å². The summed E-state index contributed by atoms with van der Waals surface area (Å²) in [4.78, 5) is 12.6. The lowest BCUT2D eigenvalue weighted by atomic mass is 10.0. The molecule has 0 spiro atoms. The van der Waals surface area contributed by atoms with Crippen LogP contribution in [0.4, 0.5) is 4.39 Å². The molecule has 3 nitrogen and oxygen atoms in total. The van der Waals surface area contributed by atoms with Crippen molar-refractivity contribution in [2.75, 3.05) is 19.6 Å². The minimum atomic E-state index is -0.271. The first-order valence-corrected chi connectivity index (χ1v) is 6.72. The van der Waals surface area contributed by atoms with Gasteiger partial charge in [-0.3, -0.25) is 4.79 Å². The van der Waals surface area contributed by atoms with Crippen LogP contribution >= 0.6 is 11.3 Å². The predicted molar refractivity (Wildman–Crippen MR) is 70.5 cm³/mol. The van der Waals surface area contributed by atoms with E-state index in [9.17, 15) is 9.18 Å². The molecule has 1 aliphatic heterocycles. The molecule has 0 unspecified atom stereocenters. The Hall–Kier alpha value is -1.46. The summed E-state index contributed by atoms with van der Waals surface area (Å²) in [7, 11) is 0. The molecule has 18 heavy (non-hydrogen) atoms. The molecule has 1 saturated heterocycles. The molecule has 1 aromatic carbocycles. The van der Waals surface area contributed by atoms with Gasteiger partial charge in [0, 0.05) is 30.3 Å². The first-order valence-electron chi connectivity index (χ1n) is 5.90. The lowest BCUT2D eigenvalue weighted by Crippen LogP contribution is -2.48. The van der Waals surface area contributed by atoms with Crippen molar-refractivity contribution in [2.45, 2.75) is 0 Å². The Bertz CT molecular complexity index is 592. The van der Waals surface area contributed by atoms with Crippen LogP contribution in [0.5, 0.6) is 0 Å². The molecule has 0 aliphatic carbocycles. The van der Waals surface area contributed by atoms with Crippen LogP contribution in [0.15, 0.2) is 24.3 Å². The highest BCUT2D eigenvalue weighted by atomic mass is 32.1. The zero-order valence-electron chi connectivity index (χ0n) is 9.70. The summed E-state index contributed by atoms with van der Waals surface area (Å²) < 4.78 is 14.0. The molecular weight excluding hydrogens is 251 g/mol. The van der Waals surface area contributed by atoms with E-state index in [2.05, 4.69) is 10.6 Å². The Balaban J connectivity index is 1.74. The van der Waals surface area contributed by atoms with E-state index < -0.39 is 0 Å². The van der Waals surface area contributed by atoms with Gasteiger partial charge in [0.2, 0.25) is 0 Å². The van der Waals surface area contributed by atoms with Gasteiger partial charge in [0.05, 0.1) is 4.88 Å². The van der Waals surface area contributed by atoms with E-state index in [1.54, 1.807) is 12.1 Å². The predicted octanol–water partition coefficient (Wildman–Crippen LogP) is 1.99. The van der Waals surface area contributed by atoms with E-state index in [1.165, 1.54) is 23.5 Å². The maximum absolute atomic E-state index is 13.1. The fourth-order valence-electron chi connectivity index (χ4n) is 1.94. The first-order chi connectivity index (χ1) is 8.72. The number of carbonyl (C=O) groups excluding carboxylic acids is 1. The van der Waals surface area contributed by atoms with Crippen molar-refractivity contribution < 1.29 is 9.18 Å². The standard InChI is InChI=1S/C13H13FN2OS/c14-10-1-2-11-9(3-10)4-12(18-11)13(17)16-7-8-5-15-6-8/h1-4,8,15H,5-7H2,(H,16,17). The van der Waals surface area contributed by atoms with Crippen LogP contribution in [-0.4, -0.2) is 25.5 Å². The van der Waals surface area contributed by atoms with E-state index in [1.807, 2.05) is 0 Å². The van der Waals surface area contributed by atoms with Crippen LogP contribution < -0.4 is 10.6 Å². The van der Waals surface area contributed by atoms with Gasteiger partial charge in [-0.1, -0.05) is 0 Å². The highest BCUT2D eigenvalue weighted by molar-refractivity contribution is 7.20. The normalized spacial score (nSPS) is 15.6. The minimum Gasteiger partial charge on any atom is -0.351 e. The Morgan fingerprint density at radius 2 is 2.28 bits per heavy atom. The fourth-order valence-corrected chi connectivity index (χ4v) is 2.90. The number of benzene rings is 1. The third-order valence-electron chi connectivity index (χ3n) is 3.12. The zero-order chi connectivity index (χ0) is 12.5. The quantitative estimate of drug-likeness (QED) is 0.890. The second-order valence-electron chi connectivity index (χ2n) is 4.53. The number of hydrogen-bond acceptors (Lipinski definition) is 3. The van der Waals surface area contributed by atoms with Crippen molar-refractivity contribution in [3.05, 3.63) is 35.0 Å². The van der Waals surface area contributed by atoms with Gasteiger partial charge in [0.1, 0.15) is 5.82 Å². The van der Waals surface area contributed by atoms with Crippen molar-refractivity contribution in [3.63, 3.8) is 0 Å². The molecule has 0 atom stereocenters. The third kappa shape index (κ3) is 2.23. The summed E-state index contributed by atoms with van der Waals surface area (Å²) >= 11 is 1.40. The highest BCUT2D eigenvalue weighted by Crippen LogP contribution is 2.26. The van der Waals surface area contributed by atoms with E-state index in [0.717, 1.165) is 23.2 Å². The Morgan fingerprint density at radius 3 is 3.00 bits per heavy atom. The lowest BCUT2D eigenvalue weighted by molar-refractivity contribution is 0.0946. The monoisotopic (exact) mass is 264 g/mol. The van der Waals surface area contributed by atoms with Gasteiger partial charge in [-0.25, -0.2) is 4.39 Å². The molecule has 1 aliphatic rings. The average molecular weight is 264 g/mol. The largest absolute Gasteiger partial charge is 0.351 e. The number of hydrogen-bond donors (Lipinski definition) is 2. The van der Waals surface area contributed by atoms with Crippen molar-refractivity contribution in [3.8, 4) is 0 Å². The van der Waals surface area contributed by atoms with Gasteiger partial charge in [-0.2, -0.15) is 0 Å². The SMILES string of the molecule is O=C(NCC1CNC1)c1cc2cc(F)ccc2s1. The number of thiophene rings is 1. The number of amides is 1. The molecule has 2 aromatic rings. The van der Waals surface area contributed by atoms with Gasteiger partial charge in [-0.05, 0) is 29.7 Å². The summed E-state index contributed by atoms with van der Waals surface area (Å²) in [6.45, 7) is 2.64. The molecule has 5 heteroatoms. The molecule has 0 saturated carbocycles. The number of fused-ring (bicyclic) bond motifs is 1. The van der Waals surface area contributed by atoms with Crippen LogP contribution in [0.3, 0.4) is 0 Å². The molecule has 1 amide bonds. The van der Waals surface area contributed by atoms with Crippen LogP contribution in [0, 0.1) is 11.7 Å². The summed E-state index contributed by atoms with van der Waals surface area (Å²) in [6.07, 6.45) is 0. The van der Waals surface area contributed by atoms with Gasteiger partial charge < -0.3 is 10.6 Å². The number of nitrogens with one attached hydrogen (secondary N) is 2. The van der Waals surface area contributed by atoms with Gasteiger partial charge in [-0.15, -0.1) is 11.3 Å². The van der Waals surface area contributed by atoms with Gasteiger partial charge in [0.25, 0.3) is 5.91 Å². The molecule has 1 fully saturated rings. The summed E-state index contributed by atoms with van der Waals surface area (Å²) in [5.74, 6) is 0.206. The van der Waals surface area contributed by atoms with Crippen LogP contribution in [0.2, 0.25) is 0 Å². The molecule has 94 valence electrons. The molecule has 1 aromatic heterocycles. The topological polar surface area (TPSA) is 41.1 Å². The first kappa shape index (κ1) is 11.6. The third-order valence-corrected chi connectivity index (χ3v) is 4.23. The molecular formula is C13H13FN2OS. The number of rotatable bonds is 3. The maximum Gasteiger partial charge on any atom is 0.261 e. The minimum absolute atomic E-state index is 0.0662. The molecule has 3 rings (SSSR count). The van der Waals surface area contributed by atoms with E-state index in [-0.39, 0.29) is 11.7 Å². The maximum atomic E-state index is 13.1. The van der Waals surface area contributed by atoms with Crippen molar-refractivity contribution in [2.24, 2.45) is 5.92 Å². The second kappa shape index (κ2) is 4.66. The molecule has 2 heterocycles. The molecule has 2 N–H and O–H groups in total. The molecule has 0 bridgehead atoms. The summed E-state index contributed by atoms with van der Waals surface area (Å²) in [5, 5.41) is 6.86. The van der Waals surface area contributed by atoms with E-state index in [0.29, 0.717) is 17.3 Å². The number of carbonyl (C=O) groups is 1. The van der Waals surface area contributed by atoms with Gasteiger partial charge >= 0.3 is 0 Å². The Morgan fingerprint density at radius 1 is 1.44 bits per heavy atom. The van der Waals surface area contributed by atoms with E-state index >= 15 is 0 Å². The second-order valence-corrected chi connectivity index (χ2v) is 5.61. The lowest BCUT2D eigenvalue weighted by Gasteiger charge is -2.26. The molecule has 0 radical (unpaired) electrons. The van der Waals surface area contributed by atoms with Crippen molar-refractivity contribution in [1.29, 1.82) is 0 Å².